The zero-order valence-electron chi connectivity index (χ0n) is 23.5. The summed E-state index contributed by atoms with van der Waals surface area (Å²) >= 11 is 12.7. The van der Waals surface area contributed by atoms with Crippen LogP contribution in [0.25, 0.3) is 10.9 Å². The number of hydrogen-bond donors (Lipinski definition) is 2. The number of benzene rings is 3. The van der Waals surface area contributed by atoms with Gasteiger partial charge >= 0.3 is 5.97 Å². The first kappa shape index (κ1) is 27.7. The van der Waals surface area contributed by atoms with Crippen molar-refractivity contribution >= 4 is 51.7 Å². The van der Waals surface area contributed by atoms with Gasteiger partial charge in [0.05, 0.1) is 23.6 Å². The highest BCUT2D eigenvalue weighted by atomic mass is 35.5. The van der Waals surface area contributed by atoms with Crippen LogP contribution in [-0.2, 0) is 16.9 Å². The molecule has 8 rings (SSSR count). The Balaban J connectivity index is 1.36. The van der Waals surface area contributed by atoms with Gasteiger partial charge in [-0.15, -0.1) is 0 Å². The molecule has 0 unspecified atom stereocenters. The summed E-state index contributed by atoms with van der Waals surface area (Å²) in [5.41, 5.74) is 0.940. The summed E-state index contributed by atoms with van der Waals surface area (Å²) in [6.45, 7) is 1.10. The van der Waals surface area contributed by atoms with Gasteiger partial charge in [-0.05, 0) is 48.6 Å². The van der Waals surface area contributed by atoms with E-state index < -0.39 is 23.2 Å². The second-order valence-corrected chi connectivity index (χ2v) is 12.9. The Kier molecular flexibility index (Phi) is 6.18. The van der Waals surface area contributed by atoms with Crippen LogP contribution in [0.5, 0.6) is 11.6 Å². The van der Waals surface area contributed by atoms with Crippen LogP contribution in [0.4, 0.5) is 10.1 Å². The largest absolute Gasteiger partial charge is 0.496 e. The SMILES string of the molecule is COc1cc2nn3c(c2cc1C(=O)O)OC[C@H]1[C@@H](C3)[C@H](c2cccc(Cl)c2F)[C@]2(C(=O)Nc3cc(Cl)ccc32)N1CC1CC1. The number of carbonyl (C=O) groups excluding carboxylic acids is 1. The first-order chi connectivity index (χ1) is 21.2. The highest BCUT2D eigenvalue weighted by Crippen LogP contribution is 2.61. The first-order valence-electron chi connectivity index (χ1n) is 14.5. The number of fused-ring (bicyclic) bond motifs is 6. The number of anilines is 1. The number of hydrogen-bond acceptors (Lipinski definition) is 6. The Labute approximate surface area is 261 Å². The van der Waals surface area contributed by atoms with Crippen LogP contribution < -0.4 is 14.8 Å². The summed E-state index contributed by atoms with van der Waals surface area (Å²) < 4.78 is 29.7. The van der Waals surface area contributed by atoms with E-state index in [4.69, 9.17) is 37.8 Å². The highest BCUT2D eigenvalue weighted by Gasteiger charge is 2.68. The van der Waals surface area contributed by atoms with Gasteiger partial charge in [0.15, 0.2) is 0 Å². The minimum atomic E-state index is -1.25. The molecular formula is C32H27Cl2FN4O5. The van der Waals surface area contributed by atoms with E-state index in [-0.39, 0.29) is 47.4 Å². The molecule has 3 aliphatic heterocycles. The minimum absolute atomic E-state index is 0.00470. The molecule has 2 N–H and O–H groups in total. The van der Waals surface area contributed by atoms with Gasteiger partial charge in [-0.1, -0.05) is 41.4 Å². The number of carboxylic acids is 1. The topological polar surface area (TPSA) is 106 Å². The predicted molar refractivity (Wildman–Crippen MR) is 161 cm³/mol. The first-order valence-corrected chi connectivity index (χ1v) is 15.2. The van der Waals surface area contributed by atoms with Gasteiger partial charge in [0, 0.05) is 47.3 Å². The van der Waals surface area contributed by atoms with Crippen molar-refractivity contribution in [2.24, 2.45) is 11.8 Å². The summed E-state index contributed by atoms with van der Waals surface area (Å²) in [5, 5.41) is 18.7. The molecule has 1 saturated carbocycles. The van der Waals surface area contributed by atoms with E-state index in [2.05, 4.69) is 10.2 Å². The molecule has 4 aromatic rings. The van der Waals surface area contributed by atoms with E-state index in [1.165, 1.54) is 19.2 Å². The molecular weight excluding hydrogens is 610 g/mol. The summed E-state index contributed by atoms with van der Waals surface area (Å²) in [6, 6.07) is 13.1. The van der Waals surface area contributed by atoms with E-state index in [1.807, 2.05) is 6.07 Å². The average molecular weight is 637 g/mol. The number of aromatic carboxylic acids is 1. The summed E-state index contributed by atoms with van der Waals surface area (Å²) in [4.78, 5) is 28.7. The molecule has 4 atom stereocenters. The molecule has 4 aliphatic rings. The molecule has 44 heavy (non-hydrogen) atoms. The zero-order valence-corrected chi connectivity index (χ0v) is 25.0. The summed E-state index contributed by atoms with van der Waals surface area (Å²) in [5.74, 6) is -1.94. The maximum Gasteiger partial charge on any atom is 0.339 e. The smallest absolute Gasteiger partial charge is 0.339 e. The maximum atomic E-state index is 16.2. The van der Waals surface area contributed by atoms with Crippen molar-refractivity contribution in [3.8, 4) is 11.6 Å². The van der Waals surface area contributed by atoms with Crippen LogP contribution in [0.1, 0.15) is 40.2 Å². The Morgan fingerprint density at radius 2 is 2.05 bits per heavy atom. The lowest BCUT2D eigenvalue weighted by molar-refractivity contribution is -0.128. The maximum absolute atomic E-state index is 16.2. The average Bonchev–Trinajstić information content (AvgIpc) is 3.67. The van der Waals surface area contributed by atoms with Crippen molar-refractivity contribution in [3.63, 3.8) is 0 Å². The van der Waals surface area contributed by atoms with Gasteiger partial charge in [-0.3, -0.25) is 9.69 Å². The number of nitrogens with one attached hydrogen (secondary N) is 1. The number of halogens is 3. The number of methoxy groups -OCH3 is 1. The fourth-order valence-electron chi connectivity index (χ4n) is 7.72. The number of rotatable bonds is 5. The Hall–Kier alpha value is -3.86. The zero-order chi connectivity index (χ0) is 30.5. The highest BCUT2D eigenvalue weighted by molar-refractivity contribution is 6.31. The van der Waals surface area contributed by atoms with E-state index >= 15 is 4.39 Å². The Bertz CT molecular complexity index is 1890. The third-order valence-corrected chi connectivity index (χ3v) is 10.2. The molecule has 12 heteroatoms. The van der Waals surface area contributed by atoms with Crippen molar-refractivity contribution in [2.75, 3.05) is 25.6 Å². The number of nitrogens with zero attached hydrogens (tertiary/aromatic N) is 3. The molecule has 1 aromatic heterocycles. The molecule has 226 valence electrons. The summed E-state index contributed by atoms with van der Waals surface area (Å²) in [6.07, 6.45) is 2.09. The second kappa shape index (κ2) is 9.82. The van der Waals surface area contributed by atoms with Crippen molar-refractivity contribution < 1.29 is 28.6 Å². The predicted octanol–water partition coefficient (Wildman–Crippen LogP) is 5.92. The second-order valence-electron chi connectivity index (χ2n) is 12.0. The van der Waals surface area contributed by atoms with Gasteiger partial charge in [-0.2, -0.15) is 5.10 Å². The van der Waals surface area contributed by atoms with E-state index in [9.17, 15) is 14.7 Å². The molecule has 2 fully saturated rings. The number of ether oxygens (including phenoxy) is 2. The van der Waals surface area contributed by atoms with Gasteiger partial charge in [-0.25, -0.2) is 13.9 Å². The van der Waals surface area contributed by atoms with Gasteiger partial charge < -0.3 is 19.9 Å². The van der Waals surface area contributed by atoms with E-state index in [1.54, 1.807) is 35.0 Å². The summed E-state index contributed by atoms with van der Waals surface area (Å²) in [7, 11) is 1.41. The van der Waals surface area contributed by atoms with Crippen LogP contribution in [-0.4, -0.2) is 58.0 Å². The Morgan fingerprint density at radius 1 is 1.23 bits per heavy atom. The number of carboxylic acid groups (broad SMARTS) is 1. The lowest BCUT2D eigenvalue weighted by Gasteiger charge is -2.40. The standard InChI is InChI=1S/C32H27Cl2FN4O5/c1-43-26-11-23-18(10-19(26)30(40)41)29-39(37-23)13-20-25(14-44-29)38(12-15-5-6-15)32(27(20)17-3-2-4-22(34)28(17)35)21-8-7-16(33)9-24(21)36-31(32)42/h2-4,7-11,15,20,25,27H,5-6,12-14H2,1H3,(H,36,42)(H,40,41)/t20-,25+,27+,32-/m1/s1. The Morgan fingerprint density at radius 3 is 2.80 bits per heavy atom. The molecule has 1 aliphatic carbocycles. The van der Waals surface area contributed by atoms with Crippen molar-refractivity contribution in [3.05, 3.63) is 81.1 Å². The van der Waals surface area contributed by atoms with Crippen molar-refractivity contribution in [1.82, 2.24) is 14.7 Å². The molecule has 4 heterocycles. The van der Waals surface area contributed by atoms with Gasteiger partial charge in [0.2, 0.25) is 11.8 Å². The molecule has 3 aromatic carbocycles. The van der Waals surface area contributed by atoms with E-state index in [0.717, 1.165) is 18.4 Å². The minimum Gasteiger partial charge on any atom is -0.496 e. The lowest BCUT2D eigenvalue weighted by Crippen LogP contribution is -2.53. The number of amides is 1. The third-order valence-electron chi connectivity index (χ3n) is 9.70. The molecule has 1 spiro atoms. The van der Waals surface area contributed by atoms with Crippen LogP contribution in [0, 0.1) is 17.7 Å². The molecule has 1 amide bonds. The number of carbonyl (C=O) groups is 2. The fourth-order valence-corrected chi connectivity index (χ4v) is 8.07. The number of aromatic nitrogens is 2. The number of likely N-dealkylation sites (tertiary alicyclic amines) is 1. The molecule has 1 saturated heterocycles. The molecule has 0 radical (unpaired) electrons. The van der Waals surface area contributed by atoms with E-state index in [0.29, 0.717) is 45.5 Å². The van der Waals surface area contributed by atoms with Crippen LogP contribution in [0.15, 0.2) is 48.5 Å². The van der Waals surface area contributed by atoms with Crippen LogP contribution >= 0.6 is 23.2 Å². The fraction of sp³-hybridized carbons (Fsp3) is 0.344. The monoisotopic (exact) mass is 636 g/mol. The van der Waals surface area contributed by atoms with Crippen LogP contribution in [0.3, 0.4) is 0 Å². The lowest BCUT2D eigenvalue weighted by atomic mass is 9.71. The molecule has 9 nitrogen and oxygen atoms in total. The van der Waals surface area contributed by atoms with Crippen molar-refractivity contribution in [2.45, 2.75) is 36.9 Å². The third kappa shape index (κ3) is 3.83. The van der Waals surface area contributed by atoms with Crippen molar-refractivity contribution in [1.29, 1.82) is 0 Å². The normalized spacial score (nSPS) is 25.7. The molecule has 0 bridgehead atoms. The van der Waals surface area contributed by atoms with Crippen LogP contribution in [0.2, 0.25) is 10.0 Å². The van der Waals surface area contributed by atoms with Gasteiger partial charge in [0.25, 0.3) is 0 Å². The van der Waals surface area contributed by atoms with Gasteiger partial charge in [0.1, 0.15) is 34.8 Å². The quantitative estimate of drug-likeness (QED) is 0.280.